The van der Waals surface area contributed by atoms with E-state index in [0.29, 0.717) is 0 Å². The predicted octanol–water partition coefficient (Wildman–Crippen LogP) is 5.91. The second-order valence-electron chi connectivity index (χ2n) is 4.36. The van der Waals surface area contributed by atoms with Gasteiger partial charge in [-0.1, -0.05) is 30.4 Å². The molecule has 0 fully saturated rings. The van der Waals surface area contributed by atoms with Crippen LogP contribution in [0.3, 0.4) is 0 Å². The van der Waals surface area contributed by atoms with Crippen LogP contribution >= 0.6 is 22.6 Å². The summed E-state index contributed by atoms with van der Waals surface area (Å²) in [6.07, 6.45) is 6.33. The van der Waals surface area contributed by atoms with Gasteiger partial charge in [-0.25, -0.2) is 0 Å². The van der Waals surface area contributed by atoms with E-state index < -0.39 is 0 Å². The van der Waals surface area contributed by atoms with Crippen molar-refractivity contribution in [3.63, 3.8) is 0 Å². The van der Waals surface area contributed by atoms with Crippen LogP contribution in [-0.4, -0.2) is 0 Å². The Bertz CT molecular complexity index is 597. The predicted molar refractivity (Wildman–Crippen MR) is 96.3 cm³/mol. The van der Waals surface area contributed by atoms with Gasteiger partial charge in [-0.2, -0.15) is 0 Å². The SMILES string of the molecule is C/C=C\C(=C/C)N(c1ccccc1)c1ccc(I)cc1. The van der Waals surface area contributed by atoms with Gasteiger partial charge in [0.05, 0.1) is 0 Å². The van der Waals surface area contributed by atoms with Crippen molar-refractivity contribution in [2.24, 2.45) is 0 Å². The topological polar surface area (TPSA) is 3.24 Å². The Morgan fingerprint density at radius 2 is 1.50 bits per heavy atom. The zero-order valence-electron chi connectivity index (χ0n) is 11.8. The minimum atomic E-state index is 1.17. The molecule has 0 aliphatic heterocycles. The summed E-state index contributed by atoms with van der Waals surface area (Å²) < 4.78 is 1.24. The maximum atomic E-state index is 2.33. The van der Waals surface area contributed by atoms with Gasteiger partial charge in [0.2, 0.25) is 0 Å². The highest BCUT2D eigenvalue weighted by molar-refractivity contribution is 14.1. The first-order valence-electron chi connectivity index (χ1n) is 6.66. The van der Waals surface area contributed by atoms with E-state index in [1.807, 2.05) is 13.0 Å². The van der Waals surface area contributed by atoms with Crippen molar-refractivity contribution in [3.8, 4) is 0 Å². The van der Waals surface area contributed by atoms with E-state index >= 15 is 0 Å². The molecule has 0 amide bonds. The standard InChI is InChI=1S/C18H18IN/c1-3-8-16(4-2)20(17-9-6-5-7-10-17)18-13-11-15(19)12-14-18/h3-14H,1-2H3/b8-3-,16-4+. The molecule has 0 radical (unpaired) electrons. The highest BCUT2D eigenvalue weighted by atomic mass is 127. The first kappa shape index (κ1) is 14.9. The molecule has 0 aromatic heterocycles. The third-order valence-electron chi connectivity index (χ3n) is 2.99. The summed E-state index contributed by atoms with van der Waals surface area (Å²) in [6, 6.07) is 19.0. The summed E-state index contributed by atoms with van der Waals surface area (Å²) in [5.74, 6) is 0. The van der Waals surface area contributed by atoms with E-state index in [1.165, 1.54) is 20.6 Å². The Kier molecular flexibility index (Phi) is 5.41. The number of hydrogen-bond donors (Lipinski definition) is 0. The number of anilines is 2. The summed E-state index contributed by atoms with van der Waals surface area (Å²) in [5.41, 5.74) is 3.50. The van der Waals surface area contributed by atoms with Gasteiger partial charge in [0.25, 0.3) is 0 Å². The lowest BCUT2D eigenvalue weighted by molar-refractivity contribution is 1.20. The van der Waals surface area contributed by atoms with Gasteiger partial charge in [0.1, 0.15) is 0 Å². The number of allylic oxidation sites excluding steroid dienone is 3. The van der Waals surface area contributed by atoms with E-state index in [9.17, 15) is 0 Å². The Balaban J connectivity index is 2.52. The van der Waals surface area contributed by atoms with Gasteiger partial charge in [-0.05, 0) is 78.9 Å². The largest absolute Gasteiger partial charge is 0.311 e. The minimum absolute atomic E-state index is 1.17. The van der Waals surface area contributed by atoms with E-state index in [4.69, 9.17) is 0 Å². The third kappa shape index (κ3) is 3.51. The summed E-state index contributed by atoms with van der Waals surface area (Å²) in [7, 11) is 0. The zero-order chi connectivity index (χ0) is 14.4. The number of halogens is 1. The van der Waals surface area contributed by atoms with Crippen LogP contribution in [-0.2, 0) is 0 Å². The number of benzene rings is 2. The van der Waals surface area contributed by atoms with E-state index in [1.54, 1.807) is 0 Å². The second kappa shape index (κ2) is 7.29. The fourth-order valence-corrected chi connectivity index (χ4v) is 2.44. The summed E-state index contributed by atoms with van der Waals surface area (Å²) in [4.78, 5) is 2.26. The normalized spacial score (nSPS) is 11.8. The molecule has 2 aromatic carbocycles. The van der Waals surface area contributed by atoms with Gasteiger partial charge < -0.3 is 4.90 Å². The molecule has 0 heterocycles. The number of para-hydroxylation sites is 1. The molecule has 2 aromatic rings. The van der Waals surface area contributed by atoms with Crippen molar-refractivity contribution in [1.29, 1.82) is 0 Å². The molecule has 0 N–H and O–H groups in total. The lowest BCUT2D eigenvalue weighted by atomic mass is 10.2. The van der Waals surface area contributed by atoms with Gasteiger partial charge in [0, 0.05) is 20.6 Å². The Morgan fingerprint density at radius 1 is 0.900 bits per heavy atom. The maximum Gasteiger partial charge on any atom is 0.0462 e. The van der Waals surface area contributed by atoms with E-state index in [0.717, 1.165) is 0 Å². The van der Waals surface area contributed by atoms with Crippen LogP contribution in [0.15, 0.2) is 78.5 Å². The molecule has 0 saturated heterocycles. The first-order chi connectivity index (χ1) is 9.76. The van der Waals surface area contributed by atoms with E-state index in [2.05, 4.69) is 101 Å². The highest BCUT2D eigenvalue weighted by Gasteiger charge is 2.11. The smallest absolute Gasteiger partial charge is 0.0462 e. The molecule has 0 unspecified atom stereocenters. The molecular formula is C18H18IN. The number of nitrogens with zero attached hydrogens (tertiary/aromatic N) is 1. The van der Waals surface area contributed by atoms with Gasteiger partial charge in [-0.15, -0.1) is 0 Å². The molecule has 0 bridgehead atoms. The molecular weight excluding hydrogens is 357 g/mol. The van der Waals surface area contributed by atoms with Gasteiger partial charge in [-0.3, -0.25) is 0 Å². The van der Waals surface area contributed by atoms with E-state index in [-0.39, 0.29) is 0 Å². The monoisotopic (exact) mass is 375 g/mol. The van der Waals surface area contributed by atoms with Crippen molar-refractivity contribution < 1.29 is 0 Å². The summed E-state index contributed by atoms with van der Waals surface area (Å²) in [6.45, 7) is 4.11. The van der Waals surface area contributed by atoms with Crippen LogP contribution in [0, 0.1) is 3.57 Å². The fraction of sp³-hybridized carbons (Fsp3) is 0.111. The van der Waals surface area contributed by atoms with Crippen LogP contribution in [0.4, 0.5) is 11.4 Å². The molecule has 0 atom stereocenters. The molecule has 1 nitrogen and oxygen atoms in total. The summed E-state index contributed by atoms with van der Waals surface area (Å²) >= 11 is 2.33. The van der Waals surface area contributed by atoms with Crippen molar-refractivity contribution >= 4 is 34.0 Å². The molecule has 0 aliphatic carbocycles. The molecule has 0 spiro atoms. The Hall–Kier alpha value is -1.55. The number of hydrogen-bond acceptors (Lipinski definition) is 1. The van der Waals surface area contributed by atoms with Crippen LogP contribution in [0.1, 0.15) is 13.8 Å². The molecule has 2 heteroatoms. The maximum absolute atomic E-state index is 2.33. The first-order valence-corrected chi connectivity index (χ1v) is 7.74. The van der Waals surface area contributed by atoms with Crippen molar-refractivity contribution in [1.82, 2.24) is 0 Å². The van der Waals surface area contributed by atoms with Crippen LogP contribution in [0.25, 0.3) is 0 Å². The molecule has 0 aliphatic rings. The quantitative estimate of drug-likeness (QED) is 0.474. The average molecular weight is 375 g/mol. The lowest BCUT2D eigenvalue weighted by Gasteiger charge is -2.26. The Labute approximate surface area is 134 Å². The number of rotatable bonds is 4. The van der Waals surface area contributed by atoms with Gasteiger partial charge in [0.15, 0.2) is 0 Å². The lowest BCUT2D eigenvalue weighted by Crippen LogP contribution is -2.14. The fourth-order valence-electron chi connectivity index (χ4n) is 2.09. The second-order valence-corrected chi connectivity index (χ2v) is 5.61. The highest BCUT2D eigenvalue weighted by Crippen LogP contribution is 2.30. The van der Waals surface area contributed by atoms with Crippen LogP contribution < -0.4 is 4.90 Å². The minimum Gasteiger partial charge on any atom is -0.311 e. The molecule has 102 valence electrons. The third-order valence-corrected chi connectivity index (χ3v) is 3.71. The molecule has 0 saturated carbocycles. The molecule has 2 rings (SSSR count). The van der Waals surface area contributed by atoms with Crippen molar-refractivity contribution in [2.45, 2.75) is 13.8 Å². The average Bonchev–Trinajstić information content (AvgIpc) is 2.49. The Morgan fingerprint density at radius 3 is 2.05 bits per heavy atom. The molecule has 20 heavy (non-hydrogen) atoms. The van der Waals surface area contributed by atoms with Crippen LogP contribution in [0.5, 0.6) is 0 Å². The van der Waals surface area contributed by atoms with Crippen molar-refractivity contribution in [3.05, 3.63) is 82.1 Å². The van der Waals surface area contributed by atoms with Crippen molar-refractivity contribution in [2.75, 3.05) is 4.90 Å². The zero-order valence-corrected chi connectivity index (χ0v) is 13.9. The van der Waals surface area contributed by atoms with Gasteiger partial charge >= 0.3 is 0 Å². The summed E-state index contributed by atoms with van der Waals surface area (Å²) in [5, 5.41) is 0. The van der Waals surface area contributed by atoms with Crippen LogP contribution in [0.2, 0.25) is 0 Å².